The summed E-state index contributed by atoms with van der Waals surface area (Å²) in [7, 11) is 0. The summed E-state index contributed by atoms with van der Waals surface area (Å²) in [5.41, 5.74) is 0.999. The minimum atomic E-state index is 0.471. The van der Waals surface area contributed by atoms with Crippen molar-refractivity contribution in [3.05, 3.63) is 0 Å². The fourth-order valence-corrected chi connectivity index (χ4v) is 4.36. The first-order chi connectivity index (χ1) is 8.10. The molecule has 0 atom stereocenters. The van der Waals surface area contributed by atoms with Gasteiger partial charge < -0.3 is 0 Å². The topological polar surface area (TPSA) is 0 Å². The predicted octanol–water partition coefficient (Wildman–Crippen LogP) is 6.30. The van der Waals surface area contributed by atoms with E-state index in [1.54, 1.807) is 0 Å². The first-order valence-corrected chi connectivity index (χ1v) is 8.10. The van der Waals surface area contributed by atoms with Crippen molar-refractivity contribution < 1.29 is 0 Å². The fraction of sp³-hybridized carbons (Fsp3) is 1.00. The van der Waals surface area contributed by atoms with Crippen LogP contribution in [0.5, 0.6) is 0 Å². The van der Waals surface area contributed by atoms with Gasteiger partial charge in [0, 0.05) is 0 Å². The molecule has 1 saturated carbocycles. The van der Waals surface area contributed by atoms with Crippen LogP contribution in [-0.2, 0) is 0 Å². The van der Waals surface area contributed by atoms with Gasteiger partial charge in [-0.1, -0.05) is 61.3 Å². The maximum absolute atomic E-state index is 2.51. The van der Waals surface area contributed by atoms with Crippen molar-refractivity contribution >= 4 is 0 Å². The van der Waals surface area contributed by atoms with Crippen LogP contribution in [-0.4, -0.2) is 0 Å². The van der Waals surface area contributed by atoms with Gasteiger partial charge in [-0.2, -0.15) is 0 Å². The molecule has 0 radical (unpaired) electrons. The normalized spacial score (nSPS) is 26.7. The average molecular weight is 252 g/mol. The molecule has 0 aromatic carbocycles. The first-order valence-electron chi connectivity index (χ1n) is 8.10. The van der Waals surface area contributed by atoms with Gasteiger partial charge >= 0.3 is 0 Å². The smallest absolute Gasteiger partial charge is 0.0321 e. The van der Waals surface area contributed by atoms with Crippen molar-refractivity contribution in [2.75, 3.05) is 0 Å². The van der Waals surface area contributed by atoms with E-state index in [0.717, 1.165) is 17.8 Å². The van der Waals surface area contributed by atoms with Gasteiger partial charge in [0.2, 0.25) is 0 Å². The van der Waals surface area contributed by atoms with Crippen LogP contribution in [0.2, 0.25) is 0 Å². The number of hydrogen-bond acceptors (Lipinski definition) is 0. The summed E-state index contributed by atoms with van der Waals surface area (Å²) in [5, 5.41) is 0. The van der Waals surface area contributed by atoms with Crippen molar-refractivity contribution in [1.29, 1.82) is 0 Å². The molecule has 18 heavy (non-hydrogen) atoms. The highest BCUT2D eigenvalue weighted by molar-refractivity contribution is 4.86. The second-order valence-electron chi connectivity index (χ2n) is 9.07. The van der Waals surface area contributed by atoms with Crippen LogP contribution in [0.4, 0.5) is 0 Å². The molecule has 1 aliphatic carbocycles. The molecule has 1 aliphatic rings. The highest BCUT2D eigenvalue weighted by Crippen LogP contribution is 2.46. The van der Waals surface area contributed by atoms with Gasteiger partial charge in [0.25, 0.3) is 0 Å². The third-order valence-corrected chi connectivity index (χ3v) is 4.74. The van der Waals surface area contributed by atoms with Gasteiger partial charge in [-0.15, -0.1) is 0 Å². The van der Waals surface area contributed by atoms with E-state index in [1.165, 1.54) is 38.5 Å². The van der Waals surface area contributed by atoms with E-state index in [1.807, 2.05) is 0 Å². The Bertz CT molecular complexity index is 233. The largest absolute Gasteiger partial charge is 0.0628 e. The summed E-state index contributed by atoms with van der Waals surface area (Å²) < 4.78 is 0. The molecule has 1 rings (SSSR count). The van der Waals surface area contributed by atoms with Crippen LogP contribution in [0.15, 0.2) is 0 Å². The monoisotopic (exact) mass is 252 g/mol. The fourth-order valence-electron chi connectivity index (χ4n) is 4.36. The van der Waals surface area contributed by atoms with Crippen LogP contribution < -0.4 is 0 Å². The molecule has 0 saturated heterocycles. The Morgan fingerprint density at radius 3 is 1.78 bits per heavy atom. The molecular weight excluding hydrogens is 216 g/mol. The molecule has 0 amide bonds. The summed E-state index contributed by atoms with van der Waals surface area (Å²) in [5.74, 6) is 2.86. The SMILES string of the molecule is CC(C)CC1CCC(C(C)(C)CC(C)(C)C)CC1. The molecule has 0 unspecified atom stereocenters. The summed E-state index contributed by atoms with van der Waals surface area (Å²) in [6.07, 6.45) is 8.72. The van der Waals surface area contributed by atoms with Crippen molar-refractivity contribution in [2.24, 2.45) is 28.6 Å². The minimum Gasteiger partial charge on any atom is -0.0628 e. The Kier molecular flexibility index (Phi) is 5.32. The van der Waals surface area contributed by atoms with E-state index in [9.17, 15) is 0 Å². The number of rotatable bonds is 4. The van der Waals surface area contributed by atoms with Gasteiger partial charge in [0.05, 0.1) is 0 Å². The Morgan fingerprint density at radius 2 is 1.39 bits per heavy atom. The molecule has 0 aromatic rings. The molecule has 0 heterocycles. The quantitative estimate of drug-likeness (QED) is 0.550. The molecule has 0 nitrogen and oxygen atoms in total. The molecule has 0 heteroatoms. The second-order valence-corrected chi connectivity index (χ2v) is 9.07. The van der Waals surface area contributed by atoms with Crippen LogP contribution >= 0.6 is 0 Å². The lowest BCUT2D eigenvalue weighted by atomic mass is 9.63. The average Bonchev–Trinajstić information content (AvgIpc) is 2.13. The third-order valence-electron chi connectivity index (χ3n) is 4.74. The molecule has 0 aliphatic heterocycles. The van der Waals surface area contributed by atoms with Crippen LogP contribution in [0, 0.1) is 28.6 Å². The van der Waals surface area contributed by atoms with E-state index < -0.39 is 0 Å². The highest BCUT2D eigenvalue weighted by Gasteiger charge is 2.35. The van der Waals surface area contributed by atoms with Crippen LogP contribution in [0.1, 0.15) is 87.0 Å². The van der Waals surface area contributed by atoms with Crippen LogP contribution in [0.25, 0.3) is 0 Å². The number of hydrogen-bond donors (Lipinski definition) is 0. The maximum Gasteiger partial charge on any atom is -0.0321 e. The van der Waals surface area contributed by atoms with Gasteiger partial charge in [-0.25, -0.2) is 0 Å². The standard InChI is InChI=1S/C18H36/c1-14(2)12-15-8-10-16(11-9-15)18(6,7)13-17(3,4)5/h14-16H,8-13H2,1-7H3. The van der Waals surface area contributed by atoms with Crippen molar-refractivity contribution in [1.82, 2.24) is 0 Å². The maximum atomic E-state index is 2.51. The van der Waals surface area contributed by atoms with Gasteiger partial charge in [0.1, 0.15) is 0 Å². The molecule has 0 aromatic heterocycles. The lowest BCUT2D eigenvalue weighted by Crippen LogP contribution is -2.32. The molecule has 0 bridgehead atoms. The lowest BCUT2D eigenvalue weighted by Gasteiger charge is -2.43. The Balaban J connectivity index is 2.46. The molecular formula is C18H36. The Labute approximate surface area is 116 Å². The minimum absolute atomic E-state index is 0.471. The zero-order chi connectivity index (χ0) is 14.0. The van der Waals surface area contributed by atoms with Crippen molar-refractivity contribution in [3.8, 4) is 0 Å². The van der Waals surface area contributed by atoms with Gasteiger partial charge in [0.15, 0.2) is 0 Å². The molecule has 1 fully saturated rings. The van der Waals surface area contributed by atoms with Crippen LogP contribution in [0.3, 0.4) is 0 Å². The van der Waals surface area contributed by atoms with E-state index in [4.69, 9.17) is 0 Å². The molecule has 0 N–H and O–H groups in total. The summed E-state index contributed by atoms with van der Waals surface area (Å²) >= 11 is 0. The highest BCUT2D eigenvalue weighted by atomic mass is 14.4. The van der Waals surface area contributed by atoms with E-state index in [0.29, 0.717) is 10.8 Å². The molecule has 0 spiro atoms. The molecule has 108 valence electrons. The third kappa shape index (κ3) is 5.33. The second kappa shape index (κ2) is 5.97. The van der Waals surface area contributed by atoms with E-state index in [2.05, 4.69) is 48.5 Å². The van der Waals surface area contributed by atoms with Gasteiger partial charge in [-0.3, -0.25) is 0 Å². The van der Waals surface area contributed by atoms with Crippen molar-refractivity contribution in [3.63, 3.8) is 0 Å². The summed E-state index contributed by atoms with van der Waals surface area (Å²) in [4.78, 5) is 0. The predicted molar refractivity (Wildman–Crippen MR) is 82.8 cm³/mol. The van der Waals surface area contributed by atoms with E-state index >= 15 is 0 Å². The Hall–Kier alpha value is 0. The zero-order valence-corrected chi connectivity index (χ0v) is 14.0. The Morgan fingerprint density at radius 1 is 0.889 bits per heavy atom. The van der Waals surface area contributed by atoms with Crippen molar-refractivity contribution in [2.45, 2.75) is 87.0 Å². The summed E-state index contributed by atoms with van der Waals surface area (Å²) in [6, 6.07) is 0. The lowest BCUT2D eigenvalue weighted by molar-refractivity contribution is 0.0814. The first kappa shape index (κ1) is 16.1. The van der Waals surface area contributed by atoms with Gasteiger partial charge in [-0.05, 0) is 54.3 Å². The summed E-state index contributed by atoms with van der Waals surface area (Å²) in [6.45, 7) is 16.9. The zero-order valence-electron chi connectivity index (χ0n) is 14.0. The van der Waals surface area contributed by atoms with E-state index in [-0.39, 0.29) is 0 Å².